The first kappa shape index (κ1) is 20.0. The lowest BCUT2D eigenvalue weighted by Crippen LogP contribution is -2.47. The van der Waals surface area contributed by atoms with Gasteiger partial charge in [0, 0.05) is 24.2 Å². The highest BCUT2D eigenvalue weighted by molar-refractivity contribution is 6.32. The van der Waals surface area contributed by atoms with Crippen molar-refractivity contribution in [3.8, 4) is 11.5 Å². The number of ether oxygens (including phenoxy) is 2. The summed E-state index contributed by atoms with van der Waals surface area (Å²) in [7, 11) is 1.57. The molecule has 2 aromatic rings. The van der Waals surface area contributed by atoms with Crippen molar-refractivity contribution in [1.82, 2.24) is 10.1 Å². The van der Waals surface area contributed by atoms with Crippen LogP contribution in [0, 0.1) is 0 Å². The highest BCUT2D eigenvalue weighted by atomic mass is 35.5. The van der Waals surface area contributed by atoms with Gasteiger partial charge in [-0.15, -0.1) is 6.58 Å². The van der Waals surface area contributed by atoms with Gasteiger partial charge in [-0.3, -0.25) is 4.79 Å². The van der Waals surface area contributed by atoms with E-state index in [0.29, 0.717) is 22.3 Å². The summed E-state index contributed by atoms with van der Waals surface area (Å²) in [6.45, 7) is 5.88. The van der Waals surface area contributed by atoms with Crippen LogP contribution in [0.2, 0.25) is 5.02 Å². The molecule has 2 heterocycles. The van der Waals surface area contributed by atoms with Gasteiger partial charge in [-0.1, -0.05) is 35.0 Å². The van der Waals surface area contributed by atoms with Crippen molar-refractivity contribution < 1.29 is 18.8 Å². The van der Waals surface area contributed by atoms with Gasteiger partial charge in [0.05, 0.1) is 12.1 Å². The van der Waals surface area contributed by atoms with E-state index in [1.54, 1.807) is 31.4 Å². The van der Waals surface area contributed by atoms with Gasteiger partial charge in [0.15, 0.2) is 11.5 Å². The van der Waals surface area contributed by atoms with Crippen molar-refractivity contribution in [2.24, 2.45) is 0 Å². The van der Waals surface area contributed by atoms with E-state index in [1.165, 1.54) is 0 Å². The lowest BCUT2D eigenvalue weighted by molar-refractivity contribution is 0.0611. The number of carbonyl (C=O) groups is 1. The van der Waals surface area contributed by atoms with Crippen LogP contribution >= 0.6 is 11.6 Å². The molecule has 0 aliphatic carbocycles. The maximum atomic E-state index is 13.0. The number of methoxy groups -OCH3 is 1. The molecule has 0 bridgehead atoms. The van der Waals surface area contributed by atoms with E-state index in [4.69, 9.17) is 25.6 Å². The van der Waals surface area contributed by atoms with E-state index in [0.717, 1.165) is 12.8 Å². The molecule has 0 fully saturated rings. The second-order valence-electron chi connectivity index (χ2n) is 6.56. The van der Waals surface area contributed by atoms with Crippen LogP contribution < -0.4 is 9.47 Å². The van der Waals surface area contributed by atoms with Gasteiger partial charge in [0.2, 0.25) is 0 Å². The van der Waals surface area contributed by atoms with Crippen molar-refractivity contribution in [1.29, 1.82) is 0 Å². The third-order valence-electron chi connectivity index (χ3n) is 4.62. The summed E-state index contributed by atoms with van der Waals surface area (Å²) in [4.78, 5) is 14.8. The van der Waals surface area contributed by atoms with Gasteiger partial charge in [-0.25, -0.2) is 0 Å². The second-order valence-corrected chi connectivity index (χ2v) is 6.97. The maximum Gasteiger partial charge on any atom is 0.276 e. The summed E-state index contributed by atoms with van der Waals surface area (Å²) in [5.41, 5.74) is 0.260. The van der Waals surface area contributed by atoms with Crippen LogP contribution in [-0.4, -0.2) is 35.2 Å². The monoisotopic (exact) mass is 402 g/mol. The average Bonchev–Trinajstić information content (AvgIpc) is 3.16. The molecule has 3 rings (SSSR count). The topological polar surface area (TPSA) is 64.8 Å². The average molecular weight is 403 g/mol. The number of rotatable bonds is 7. The van der Waals surface area contributed by atoms with Crippen LogP contribution in [0.25, 0.3) is 0 Å². The first-order valence-corrected chi connectivity index (χ1v) is 9.43. The molecule has 1 aromatic heterocycles. The van der Waals surface area contributed by atoms with E-state index in [-0.39, 0.29) is 30.3 Å². The molecule has 2 atom stereocenters. The minimum absolute atomic E-state index is 0.0132. The van der Waals surface area contributed by atoms with Crippen LogP contribution in [-0.2, 0) is 6.61 Å². The fraction of sp³-hybridized carbons (Fsp3) is 0.333. The molecule has 28 heavy (non-hydrogen) atoms. The Morgan fingerprint density at radius 2 is 2.29 bits per heavy atom. The molecule has 0 saturated carbocycles. The SMILES string of the molecule is C=CC[C@@H]1CC=C[C@@H](C)N1C(=O)c1cc(COc2ccc(OC)cc2Cl)on1. The molecule has 7 heteroatoms. The van der Waals surface area contributed by atoms with Crippen molar-refractivity contribution in [2.75, 3.05) is 7.11 Å². The first-order chi connectivity index (χ1) is 13.5. The quantitative estimate of drug-likeness (QED) is 0.630. The Balaban J connectivity index is 1.68. The molecule has 1 amide bonds. The number of aromatic nitrogens is 1. The molecule has 1 aromatic carbocycles. The molecular formula is C21H23ClN2O4. The zero-order valence-electron chi connectivity index (χ0n) is 15.9. The summed E-state index contributed by atoms with van der Waals surface area (Å²) in [6.07, 6.45) is 7.48. The molecule has 0 radical (unpaired) electrons. The number of carbonyl (C=O) groups excluding carboxylic acids is 1. The molecule has 1 aliphatic heterocycles. The van der Waals surface area contributed by atoms with Crippen LogP contribution in [0.1, 0.15) is 36.0 Å². The Morgan fingerprint density at radius 3 is 3.00 bits per heavy atom. The Labute approximate surface area is 169 Å². The van der Waals surface area contributed by atoms with Crippen LogP contribution in [0.3, 0.4) is 0 Å². The van der Waals surface area contributed by atoms with E-state index in [1.807, 2.05) is 24.0 Å². The molecule has 6 nitrogen and oxygen atoms in total. The van der Waals surface area contributed by atoms with Crippen molar-refractivity contribution in [3.05, 3.63) is 65.5 Å². The Bertz CT molecular complexity index is 877. The zero-order valence-corrected chi connectivity index (χ0v) is 16.7. The molecule has 0 spiro atoms. The molecule has 1 aliphatic rings. The number of amides is 1. The van der Waals surface area contributed by atoms with Gasteiger partial charge in [0.1, 0.15) is 18.1 Å². The predicted molar refractivity (Wildman–Crippen MR) is 107 cm³/mol. The van der Waals surface area contributed by atoms with Crippen LogP contribution in [0.5, 0.6) is 11.5 Å². The zero-order chi connectivity index (χ0) is 20.1. The number of halogens is 1. The normalized spacial score (nSPS) is 18.8. The second kappa shape index (κ2) is 8.97. The summed E-state index contributed by atoms with van der Waals surface area (Å²) < 4.78 is 16.1. The van der Waals surface area contributed by atoms with E-state index >= 15 is 0 Å². The molecule has 0 saturated heterocycles. The third kappa shape index (κ3) is 4.39. The summed E-state index contributed by atoms with van der Waals surface area (Å²) in [5, 5.41) is 4.36. The highest BCUT2D eigenvalue weighted by Crippen LogP contribution is 2.29. The minimum atomic E-state index is -0.166. The highest BCUT2D eigenvalue weighted by Gasteiger charge is 2.31. The standard InChI is InChI=1S/C21H23ClN2O4/c1-4-6-15-8-5-7-14(2)24(15)21(25)19-12-17(28-23-19)13-27-20-10-9-16(26-3)11-18(20)22/h4-5,7,9-12,14-15H,1,6,8,13H2,2-3H3/t14-,15-/m1/s1. The van der Waals surface area contributed by atoms with Crippen molar-refractivity contribution >= 4 is 17.5 Å². The van der Waals surface area contributed by atoms with Gasteiger partial charge in [0.25, 0.3) is 5.91 Å². The third-order valence-corrected chi connectivity index (χ3v) is 4.91. The number of hydrogen-bond acceptors (Lipinski definition) is 5. The summed E-state index contributed by atoms with van der Waals surface area (Å²) in [6, 6.07) is 6.79. The van der Waals surface area contributed by atoms with Crippen molar-refractivity contribution in [2.45, 2.75) is 38.5 Å². The molecule has 148 valence electrons. The van der Waals surface area contributed by atoms with Crippen molar-refractivity contribution in [3.63, 3.8) is 0 Å². The smallest absolute Gasteiger partial charge is 0.276 e. The first-order valence-electron chi connectivity index (χ1n) is 9.05. The molecular weight excluding hydrogens is 380 g/mol. The number of hydrogen-bond donors (Lipinski definition) is 0. The van der Waals surface area contributed by atoms with Crippen LogP contribution in [0.4, 0.5) is 0 Å². The fourth-order valence-corrected chi connectivity index (χ4v) is 3.44. The Morgan fingerprint density at radius 1 is 1.46 bits per heavy atom. The fourth-order valence-electron chi connectivity index (χ4n) is 3.21. The molecule has 0 N–H and O–H groups in total. The predicted octanol–water partition coefficient (Wildman–Crippen LogP) is 4.65. The van der Waals surface area contributed by atoms with Gasteiger partial charge in [-0.2, -0.15) is 0 Å². The minimum Gasteiger partial charge on any atom is -0.497 e. The maximum absolute atomic E-state index is 13.0. The lowest BCUT2D eigenvalue weighted by Gasteiger charge is -2.36. The Kier molecular flexibility index (Phi) is 6.41. The van der Waals surface area contributed by atoms with Gasteiger partial charge in [-0.05, 0) is 31.9 Å². The van der Waals surface area contributed by atoms with Gasteiger partial charge >= 0.3 is 0 Å². The largest absolute Gasteiger partial charge is 0.497 e. The summed E-state index contributed by atoms with van der Waals surface area (Å²) in [5.74, 6) is 1.41. The number of nitrogens with zero attached hydrogens (tertiary/aromatic N) is 2. The lowest BCUT2D eigenvalue weighted by atomic mass is 10.00. The van der Waals surface area contributed by atoms with E-state index in [2.05, 4.69) is 17.8 Å². The van der Waals surface area contributed by atoms with Crippen LogP contribution in [0.15, 0.2) is 53.6 Å². The summed E-state index contributed by atoms with van der Waals surface area (Å²) >= 11 is 6.17. The van der Waals surface area contributed by atoms with E-state index < -0.39 is 0 Å². The van der Waals surface area contributed by atoms with E-state index in [9.17, 15) is 4.79 Å². The number of benzene rings is 1. The Hall–Kier alpha value is -2.73. The van der Waals surface area contributed by atoms with Gasteiger partial charge < -0.3 is 18.9 Å². The molecule has 0 unspecified atom stereocenters.